The number of nitrogens with one attached hydrogen (secondary N) is 2. The van der Waals surface area contributed by atoms with Crippen LogP contribution in [0, 0.1) is 5.92 Å². The van der Waals surface area contributed by atoms with Crippen molar-refractivity contribution in [1.29, 1.82) is 0 Å². The number of amides is 3. The maximum absolute atomic E-state index is 12.3. The average Bonchev–Trinajstić information content (AvgIpc) is 2.60. The van der Waals surface area contributed by atoms with Gasteiger partial charge in [0.05, 0.1) is 0 Å². The van der Waals surface area contributed by atoms with Crippen LogP contribution in [0.15, 0.2) is 24.3 Å². The first kappa shape index (κ1) is 21.1. The molecule has 0 saturated heterocycles. The van der Waals surface area contributed by atoms with Gasteiger partial charge in [-0.1, -0.05) is 32.1 Å². The van der Waals surface area contributed by atoms with Crippen LogP contribution in [0.4, 0.5) is 21.0 Å². The molecule has 2 N–H and O–H groups in total. The van der Waals surface area contributed by atoms with Crippen molar-refractivity contribution >= 4 is 23.5 Å². The molecular formula is C21H33N3O3. The molecule has 1 aromatic carbocycles. The minimum atomic E-state index is -0.541. The third-order valence-electron chi connectivity index (χ3n) is 4.73. The summed E-state index contributed by atoms with van der Waals surface area (Å²) in [6.07, 6.45) is 7.16. The molecule has 0 spiro atoms. The molecule has 0 atom stereocenters. The van der Waals surface area contributed by atoms with Crippen LogP contribution in [-0.2, 0) is 4.74 Å². The fourth-order valence-corrected chi connectivity index (χ4v) is 3.23. The molecule has 1 aromatic rings. The van der Waals surface area contributed by atoms with E-state index in [9.17, 15) is 9.59 Å². The molecule has 1 aliphatic rings. The summed E-state index contributed by atoms with van der Waals surface area (Å²) < 4.78 is 5.22. The van der Waals surface area contributed by atoms with Crippen molar-refractivity contribution in [3.8, 4) is 0 Å². The first-order valence-electron chi connectivity index (χ1n) is 9.85. The summed E-state index contributed by atoms with van der Waals surface area (Å²) in [7, 11) is 1.83. The topological polar surface area (TPSA) is 70.7 Å². The Morgan fingerprint density at radius 2 is 1.59 bits per heavy atom. The molecule has 0 bridgehead atoms. The lowest BCUT2D eigenvalue weighted by Crippen LogP contribution is -2.33. The maximum Gasteiger partial charge on any atom is 0.412 e. The average molecular weight is 376 g/mol. The summed E-state index contributed by atoms with van der Waals surface area (Å²) in [6.45, 7) is 6.22. The zero-order valence-electron chi connectivity index (χ0n) is 17.0. The normalized spacial score (nSPS) is 15.1. The van der Waals surface area contributed by atoms with Crippen molar-refractivity contribution in [2.75, 3.05) is 24.2 Å². The molecule has 1 saturated carbocycles. The van der Waals surface area contributed by atoms with E-state index in [0.717, 1.165) is 18.9 Å². The van der Waals surface area contributed by atoms with Crippen molar-refractivity contribution in [1.82, 2.24) is 4.90 Å². The molecule has 0 unspecified atom stereocenters. The van der Waals surface area contributed by atoms with Gasteiger partial charge < -0.3 is 15.0 Å². The Balaban J connectivity index is 1.77. The smallest absolute Gasteiger partial charge is 0.412 e. The fraction of sp³-hybridized carbons (Fsp3) is 0.619. The predicted molar refractivity (Wildman–Crippen MR) is 109 cm³/mol. The van der Waals surface area contributed by atoms with Crippen LogP contribution < -0.4 is 10.6 Å². The lowest BCUT2D eigenvalue weighted by atomic mass is 9.87. The van der Waals surface area contributed by atoms with E-state index in [1.165, 1.54) is 32.1 Å². The molecule has 1 aliphatic carbocycles. The largest absolute Gasteiger partial charge is 0.444 e. The van der Waals surface area contributed by atoms with Crippen molar-refractivity contribution in [3.63, 3.8) is 0 Å². The van der Waals surface area contributed by atoms with Gasteiger partial charge in [0.25, 0.3) is 0 Å². The van der Waals surface area contributed by atoms with Crippen LogP contribution in [-0.4, -0.2) is 36.2 Å². The van der Waals surface area contributed by atoms with E-state index in [2.05, 4.69) is 10.6 Å². The van der Waals surface area contributed by atoms with Gasteiger partial charge >= 0.3 is 12.1 Å². The third kappa shape index (κ3) is 7.89. The van der Waals surface area contributed by atoms with Crippen molar-refractivity contribution in [3.05, 3.63) is 24.3 Å². The number of nitrogens with zero attached hydrogens (tertiary/aromatic N) is 1. The van der Waals surface area contributed by atoms with E-state index >= 15 is 0 Å². The Morgan fingerprint density at radius 3 is 2.15 bits per heavy atom. The van der Waals surface area contributed by atoms with Gasteiger partial charge in [0.2, 0.25) is 0 Å². The summed E-state index contributed by atoms with van der Waals surface area (Å²) >= 11 is 0. The molecule has 0 heterocycles. The standard InChI is InChI=1S/C21H33N3O3/c1-21(2,3)27-20(26)23-18-12-10-17(11-13-18)22-19(25)24(4)15-14-16-8-6-5-7-9-16/h10-13,16H,5-9,14-15H2,1-4H3,(H,22,25)(H,23,26). The zero-order valence-corrected chi connectivity index (χ0v) is 17.0. The number of urea groups is 1. The van der Waals surface area contributed by atoms with Crippen LogP contribution in [0.2, 0.25) is 0 Å². The Labute approximate surface area is 162 Å². The maximum atomic E-state index is 12.3. The van der Waals surface area contributed by atoms with Crippen molar-refractivity contribution < 1.29 is 14.3 Å². The lowest BCUT2D eigenvalue weighted by Gasteiger charge is -2.24. The van der Waals surface area contributed by atoms with Crippen LogP contribution in [0.3, 0.4) is 0 Å². The van der Waals surface area contributed by atoms with E-state index in [4.69, 9.17) is 4.74 Å². The van der Waals surface area contributed by atoms with Crippen molar-refractivity contribution in [2.45, 2.75) is 64.9 Å². The molecule has 0 aliphatic heterocycles. The van der Waals surface area contributed by atoms with Gasteiger partial charge in [-0.3, -0.25) is 5.32 Å². The second-order valence-corrected chi connectivity index (χ2v) is 8.35. The summed E-state index contributed by atoms with van der Waals surface area (Å²) in [5.41, 5.74) is 0.771. The van der Waals surface area contributed by atoms with E-state index in [-0.39, 0.29) is 6.03 Å². The summed E-state index contributed by atoms with van der Waals surface area (Å²) in [4.78, 5) is 25.8. The summed E-state index contributed by atoms with van der Waals surface area (Å²) in [5.74, 6) is 0.757. The molecule has 0 radical (unpaired) electrons. The van der Waals surface area contributed by atoms with E-state index in [1.54, 1.807) is 29.2 Å². The number of hydrogen-bond acceptors (Lipinski definition) is 3. The number of rotatable bonds is 5. The second-order valence-electron chi connectivity index (χ2n) is 8.35. The number of carbonyl (C=O) groups is 2. The third-order valence-corrected chi connectivity index (χ3v) is 4.73. The van der Waals surface area contributed by atoms with E-state index in [1.807, 2.05) is 27.8 Å². The number of benzene rings is 1. The molecule has 6 nitrogen and oxygen atoms in total. The van der Waals surface area contributed by atoms with Gasteiger partial charge in [-0.25, -0.2) is 9.59 Å². The molecule has 6 heteroatoms. The highest BCUT2D eigenvalue weighted by molar-refractivity contribution is 5.90. The van der Waals surface area contributed by atoms with Gasteiger partial charge in [-0.05, 0) is 57.4 Å². The van der Waals surface area contributed by atoms with Crippen LogP contribution in [0.1, 0.15) is 59.3 Å². The van der Waals surface area contributed by atoms with Gasteiger partial charge in [0.1, 0.15) is 5.60 Å². The Morgan fingerprint density at radius 1 is 1.04 bits per heavy atom. The molecule has 1 fully saturated rings. The summed E-state index contributed by atoms with van der Waals surface area (Å²) in [5, 5.41) is 5.57. The highest BCUT2D eigenvalue weighted by Crippen LogP contribution is 2.26. The highest BCUT2D eigenvalue weighted by Gasteiger charge is 2.17. The minimum absolute atomic E-state index is 0.112. The SMILES string of the molecule is CN(CCC1CCCCC1)C(=O)Nc1ccc(NC(=O)OC(C)(C)C)cc1. The molecular weight excluding hydrogens is 342 g/mol. The molecule has 0 aromatic heterocycles. The molecule has 150 valence electrons. The first-order chi connectivity index (χ1) is 12.7. The summed E-state index contributed by atoms with van der Waals surface area (Å²) in [6, 6.07) is 6.89. The van der Waals surface area contributed by atoms with Crippen molar-refractivity contribution in [2.24, 2.45) is 5.92 Å². The van der Waals surface area contributed by atoms with Gasteiger partial charge in [-0.15, -0.1) is 0 Å². The number of carbonyl (C=O) groups excluding carboxylic acids is 2. The first-order valence-corrected chi connectivity index (χ1v) is 9.85. The van der Waals surface area contributed by atoms with Crippen LogP contribution in [0.5, 0.6) is 0 Å². The predicted octanol–water partition coefficient (Wildman–Crippen LogP) is 5.47. The second kappa shape index (κ2) is 9.62. The van der Waals surface area contributed by atoms with Gasteiger partial charge in [0.15, 0.2) is 0 Å². The Kier molecular flexibility index (Phi) is 7.51. The van der Waals surface area contributed by atoms with Crippen LogP contribution >= 0.6 is 0 Å². The van der Waals surface area contributed by atoms with E-state index in [0.29, 0.717) is 11.4 Å². The number of ether oxygens (including phenoxy) is 1. The highest BCUT2D eigenvalue weighted by atomic mass is 16.6. The molecule has 2 rings (SSSR count). The van der Waals surface area contributed by atoms with Gasteiger partial charge in [-0.2, -0.15) is 0 Å². The fourth-order valence-electron chi connectivity index (χ4n) is 3.23. The number of anilines is 2. The zero-order chi connectivity index (χ0) is 19.9. The lowest BCUT2D eigenvalue weighted by molar-refractivity contribution is 0.0636. The Bertz CT molecular complexity index is 617. The molecule has 3 amide bonds. The minimum Gasteiger partial charge on any atom is -0.444 e. The monoisotopic (exact) mass is 375 g/mol. The van der Waals surface area contributed by atoms with Crippen LogP contribution in [0.25, 0.3) is 0 Å². The van der Waals surface area contributed by atoms with Gasteiger partial charge in [0, 0.05) is 25.0 Å². The van der Waals surface area contributed by atoms with E-state index < -0.39 is 11.7 Å². The Hall–Kier alpha value is -2.24. The molecule has 27 heavy (non-hydrogen) atoms. The quantitative estimate of drug-likeness (QED) is 0.717. The number of hydrogen-bond donors (Lipinski definition) is 2.